The van der Waals surface area contributed by atoms with Crippen LogP contribution in [0.15, 0.2) is 0 Å². The van der Waals surface area contributed by atoms with E-state index in [2.05, 4.69) is 23.6 Å². The van der Waals surface area contributed by atoms with E-state index < -0.39 is 5.54 Å². The summed E-state index contributed by atoms with van der Waals surface area (Å²) in [5, 5.41) is 9.11. The van der Waals surface area contributed by atoms with Gasteiger partial charge in [0.05, 0.1) is 6.61 Å². The van der Waals surface area contributed by atoms with Gasteiger partial charge in [-0.2, -0.15) is 0 Å². The lowest BCUT2D eigenvalue weighted by atomic mass is 9.98. The normalized spacial score (nSPS) is 23.8. The maximum atomic E-state index is 9.11. The quantitative estimate of drug-likeness (QED) is 0.711. The lowest BCUT2D eigenvalue weighted by molar-refractivity contribution is 0.0968. The van der Waals surface area contributed by atoms with Gasteiger partial charge in [0.2, 0.25) is 0 Å². The highest BCUT2D eigenvalue weighted by Gasteiger charge is 2.21. The number of hydrogen-bond acceptors (Lipinski definition) is 4. The predicted molar refractivity (Wildman–Crippen MR) is 76.7 cm³/mol. The fourth-order valence-electron chi connectivity index (χ4n) is 2.47. The molecule has 0 amide bonds. The Hall–Kier alpha value is -0.160. The zero-order valence-electron chi connectivity index (χ0n) is 12.4. The molecule has 0 spiro atoms. The highest BCUT2D eigenvalue weighted by Crippen LogP contribution is 2.12. The van der Waals surface area contributed by atoms with E-state index in [1.165, 1.54) is 32.6 Å². The van der Waals surface area contributed by atoms with Crippen molar-refractivity contribution in [3.8, 4) is 0 Å². The zero-order chi connectivity index (χ0) is 13.6. The van der Waals surface area contributed by atoms with E-state index in [0.717, 1.165) is 19.4 Å². The van der Waals surface area contributed by atoms with Gasteiger partial charge >= 0.3 is 0 Å². The van der Waals surface area contributed by atoms with Crippen LogP contribution in [0.4, 0.5) is 0 Å². The topological polar surface area (TPSA) is 52.7 Å². The third-order valence-corrected chi connectivity index (χ3v) is 4.20. The van der Waals surface area contributed by atoms with Crippen LogP contribution >= 0.6 is 0 Å². The van der Waals surface area contributed by atoms with Crippen molar-refractivity contribution in [3.63, 3.8) is 0 Å². The molecule has 2 unspecified atom stereocenters. The molecule has 0 aromatic heterocycles. The molecule has 0 aromatic carbocycles. The Morgan fingerprint density at radius 2 is 1.89 bits per heavy atom. The molecule has 0 aromatic rings. The van der Waals surface area contributed by atoms with Gasteiger partial charge in [-0.25, -0.2) is 0 Å². The van der Waals surface area contributed by atoms with Crippen LogP contribution in [0.25, 0.3) is 0 Å². The second-order valence-corrected chi connectivity index (χ2v) is 6.05. The van der Waals surface area contributed by atoms with Gasteiger partial charge in [-0.05, 0) is 39.7 Å². The summed E-state index contributed by atoms with van der Waals surface area (Å²) in [4.78, 5) is 5.10. The average molecular weight is 257 g/mol. The highest BCUT2D eigenvalue weighted by atomic mass is 16.3. The van der Waals surface area contributed by atoms with E-state index in [-0.39, 0.29) is 6.61 Å². The van der Waals surface area contributed by atoms with Gasteiger partial charge in [0.25, 0.3) is 0 Å². The van der Waals surface area contributed by atoms with Gasteiger partial charge in [0.1, 0.15) is 0 Å². The summed E-state index contributed by atoms with van der Waals surface area (Å²) in [6.07, 6.45) is 3.22. The summed E-state index contributed by atoms with van der Waals surface area (Å²) in [6.45, 7) is 12.4. The van der Waals surface area contributed by atoms with E-state index in [0.29, 0.717) is 6.04 Å². The molecule has 4 nitrogen and oxygen atoms in total. The fourth-order valence-corrected chi connectivity index (χ4v) is 2.47. The molecule has 2 atom stereocenters. The molecular formula is C14H31N3O. The Labute approximate surface area is 112 Å². The monoisotopic (exact) mass is 257 g/mol. The van der Waals surface area contributed by atoms with Crippen molar-refractivity contribution in [1.82, 2.24) is 9.80 Å². The van der Waals surface area contributed by atoms with Gasteiger partial charge in [-0.15, -0.1) is 0 Å². The molecule has 1 heterocycles. The summed E-state index contributed by atoms with van der Waals surface area (Å²) < 4.78 is 0. The Bertz CT molecular complexity index is 225. The van der Waals surface area contributed by atoms with E-state index in [1.807, 2.05) is 6.92 Å². The van der Waals surface area contributed by atoms with Gasteiger partial charge in [-0.1, -0.05) is 6.92 Å². The number of aliphatic hydroxyl groups excluding tert-OH is 1. The minimum atomic E-state index is -0.404. The second kappa shape index (κ2) is 7.43. The first-order chi connectivity index (χ1) is 8.48. The molecule has 1 fully saturated rings. The lowest BCUT2D eigenvalue weighted by Gasteiger charge is -2.38. The third kappa shape index (κ3) is 5.22. The first kappa shape index (κ1) is 15.9. The first-order valence-corrected chi connectivity index (χ1v) is 7.34. The summed E-state index contributed by atoms with van der Waals surface area (Å²) >= 11 is 0. The number of hydrogen-bond donors (Lipinski definition) is 2. The highest BCUT2D eigenvalue weighted by molar-refractivity contribution is 4.79. The van der Waals surface area contributed by atoms with Gasteiger partial charge < -0.3 is 15.7 Å². The van der Waals surface area contributed by atoms with Crippen LogP contribution in [0.5, 0.6) is 0 Å². The van der Waals surface area contributed by atoms with E-state index in [4.69, 9.17) is 10.8 Å². The molecule has 3 N–H and O–H groups in total. The molecular weight excluding hydrogens is 226 g/mol. The number of aliphatic hydroxyl groups is 1. The van der Waals surface area contributed by atoms with Crippen LogP contribution in [0.1, 0.15) is 40.0 Å². The van der Waals surface area contributed by atoms with Gasteiger partial charge in [0, 0.05) is 37.8 Å². The standard InChI is InChI=1S/C14H31N3O/c1-4-13(2)17-10-8-16(9-11-17)7-5-6-14(3,15)12-18/h13,18H,4-12,15H2,1-3H3. The Kier molecular flexibility index (Phi) is 6.57. The molecule has 1 aliphatic heterocycles. The Balaban J connectivity index is 2.16. The average Bonchev–Trinajstić information content (AvgIpc) is 2.38. The molecule has 0 saturated carbocycles. The first-order valence-electron chi connectivity index (χ1n) is 7.34. The molecule has 1 rings (SSSR count). The van der Waals surface area contributed by atoms with E-state index in [9.17, 15) is 0 Å². The smallest absolute Gasteiger partial charge is 0.0608 e. The summed E-state index contributed by atoms with van der Waals surface area (Å²) in [5.41, 5.74) is 5.53. The van der Waals surface area contributed by atoms with Gasteiger partial charge in [0.15, 0.2) is 0 Å². The van der Waals surface area contributed by atoms with Crippen LogP contribution in [-0.4, -0.2) is 65.8 Å². The summed E-state index contributed by atoms with van der Waals surface area (Å²) in [7, 11) is 0. The second-order valence-electron chi connectivity index (χ2n) is 6.05. The SMILES string of the molecule is CCC(C)N1CCN(CCCC(C)(N)CO)CC1. The molecule has 1 aliphatic rings. The minimum Gasteiger partial charge on any atom is -0.394 e. The number of nitrogens with two attached hydrogens (primary N) is 1. The van der Waals surface area contributed by atoms with Crippen molar-refractivity contribution in [2.24, 2.45) is 5.73 Å². The molecule has 18 heavy (non-hydrogen) atoms. The predicted octanol–water partition coefficient (Wildman–Crippen LogP) is 0.892. The van der Waals surface area contributed by atoms with Crippen LogP contribution in [0.3, 0.4) is 0 Å². The van der Waals surface area contributed by atoms with Crippen LogP contribution in [0.2, 0.25) is 0 Å². The van der Waals surface area contributed by atoms with Crippen molar-refractivity contribution < 1.29 is 5.11 Å². The van der Waals surface area contributed by atoms with Crippen molar-refractivity contribution in [1.29, 1.82) is 0 Å². The van der Waals surface area contributed by atoms with Crippen LogP contribution in [0, 0.1) is 0 Å². The molecule has 4 heteroatoms. The summed E-state index contributed by atoms with van der Waals surface area (Å²) in [5.74, 6) is 0. The molecule has 0 bridgehead atoms. The maximum absolute atomic E-state index is 9.11. The molecule has 108 valence electrons. The number of rotatable bonds is 7. The Morgan fingerprint density at radius 1 is 1.28 bits per heavy atom. The number of piperazine rings is 1. The van der Waals surface area contributed by atoms with E-state index in [1.54, 1.807) is 0 Å². The van der Waals surface area contributed by atoms with Crippen molar-refractivity contribution >= 4 is 0 Å². The van der Waals surface area contributed by atoms with E-state index >= 15 is 0 Å². The maximum Gasteiger partial charge on any atom is 0.0608 e. The van der Waals surface area contributed by atoms with Crippen LogP contribution < -0.4 is 5.73 Å². The molecule has 0 aliphatic carbocycles. The van der Waals surface area contributed by atoms with Crippen LogP contribution in [-0.2, 0) is 0 Å². The molecule has 1 saturated heterocycles. The van der Waals surface area contributed by atoms with Crippen molar-refractivity contribution in [2.45, 2.75) is 51.6 Å². The third-order valence-electron chi connectivity index (χ3n) is 4.20. The lowest BCUT2D eigenvalue weighted by Crippen LogP contribution is -2.50. The molecule has 0 radical (unpaired) electrons. The van der Waals surface area contributed by atoms with Gasteiger partial charge in [-0.3, -0.25) is 4.90 Å². The summed E-state index contributed by atoms with van der Waals surface area (Å²) in [6, 6.07) is 0.717. The Morgan fingerprint density at radius 3 is 2.39 bits per heavy atom. The van der Waals surface area contributed by atoms with Crippen molar-refractivity contribution in [2.75, 3.05) is 39.3 Å². The minimum absolute atomic E-state index is 0.0782. The number of nitrogens with zero attached hydrogens (tertiary/aromatic N) is 2. The largest absolute Gasteiger partial charge is 0.394 e. The zero-order valence-corrected chi connectivity index (χ0v) is 12.4. The van der Waals surface area contributed by atoms with Crippen molar-refractivity contribution in [3.05, 3.63) is 0 Å². The fraction of sp³-hybridized carbons (Fsp3) is 1.00.